The third-order valence-corrected chi connectivity index (χ3v) is 4.27. The molecule has 1 aliphatic rings. The van der Waals surface area contributed by atoms with Gasteiger partial charge >= 0.3 is 0 Å². The normalized spacial score (nSPS) is 14.7. The van der Waals surface area contributed by atoms with E-state index in [4.69, 9.17) is 0 Å². The number of fused-ring (bicyclic) bond motifs is 1. The molecule has 0 radical (unpaired) electrons. The van der Waals surface area contributed by atoms with Crippen LogP contribution in [0.15, 0.2) is 77.8 Å². The monoisotopic (exact) mass is 288 g/mol. The quantitative estimate of drug-likeness (QED) is 0.375. The Morgan fingerprint density at radius 3 is 2.55 bits per heavy atom. The minimum Gasteiger partial charge on any atom is -0.101 e. The SMILES string of the molecule is C=C/C(=C\C=C(\C)CC)C1=Cc2ccccc2B1CC(=C)C. The van der Waals surface area contributed by atoms with Gasteiger partial charge in [-0.1, -0.05) is 84.2 Å². The molecule has 0 spiro atoms. The van der Waals surface area contributed by atoms with Crippen molar-refractivity contribution in [1.82, 2.24) is 0 Å². The van der Waals surface area contributed by atoms with Gasteiger partial charge in [-0.25, -0.2) is 0 Å². The zero-order valence-corrected chi connectivity index (χ0v) is 14.0. The largest absolute Gasteiger partial charge is 0.214 e. The lowest BCUT2D eigenvalue weighted by atomic mass is 9.38. The van der Waals surface area contributed by atoms with Crippen molar-refractivity contribution in [2.45, 2.75) is 33.5 Å². The van der Waals surface area contributed by atoms with Gasteiger partial charge in [0.1, 0.15) is 0 Å². The van der Waals surface area contributed by atoms with E-state index in [1.807, 2.05) is 6.08 Å². The summed E-state index contributed by atoms with van der Waals surface area (Å²) in [6.07, 6.45) is 10.8. The molecule has 112 valence electrons. The molecule has 0 unspecified atom stereocenters. The van der Waals surface area contributed by atoms with Crippen LogP contribution in [-0.4, -0.2) is 6.71 Å². The van der Waals surface area contributed by atoms with Crippen LogP contribution in [0.25, 0.3) is 6.08 Å². The molecular weight excluding hydrogens is 263 g/mol. The van der Waals surface area contributed by atoms with Crippen molar-refractivity contribution < 1.29 is 0 Å². The summed E-state index contributed by atoms with van der Waals surface area (Å²) in [5.41, 5.74) is 7.91. The van der Waals surface area contributed by atoms with E-state index in [1.54, 1.807) is 0 Å². The first-order valence-electron chi connectivity index (χ1n) is 8.02. The van der Waals surface area contributed by atoms with E-state index >= 15 is 0 Å². The zero-order chi connectivity index (χ0) is 16.1. The Bertz CT molecular complexity index is 671. The van der Waals surface area contributed by atoms with E-state index in [0.717, 1.165) is 12.7 Å². The molecule has 0 fully saturated rings. The number of rotatable bonds is 6. The average Bonchev–Trinajstić information content (AvgIpc) is 2.86. The van der Waals surface area contributed by atoms with Gasteiger partial charge in [0, 0.05) is 0 Å². The zero-order valence-electron chi connectivity index (χ0n) is 14.0. The summed E-state index contributed by atoms with van der Waals surface area (Å²) >= 11 is 0. The smallest absolute Gasteiger partial charge is 0.101 e. The molecule has 0 amide bonds. The van der Waals surface area contributed by atoms with E-state index in [0.29, 0.717) is 6.71 Å². The second-order valence-electron chi connectivity index (χ2n) is 6.14. The van der Waals surface area contributed by atoms with Gasteiger partial charge in [-0.3, -0.25) is 0 Å². The average molecular weight is 288 g/mol. The van der Waals surface area contributed by atoms with Gasteiger partial charge in [0.15, 0.2) is 0 Å². The first kappa shape index (κ1) is 16.4. The molecule has 0 aromatic heterocycles. The van der Waals surface area contributed by atoms with Crippen LogP contribution in [0, 0.1) is 0 Å². The van der Waals surface area contributed by atoms with Crippen molar-refractivity contribution in [3.8, 4) is 0 Å². The molecule has 1 aliphatic heterocycles. The Kier molecular flexibility index (Phi) is 5.43. The standard InChI is InChI=1S/C21H25B/c1-6-17(5)12-13-18(7-2)21-14-19-10-8-9-11-20(19)22(21)15-16(3)4/h7-14H,2-3,6,15H2,1,4-5H3/b17-12-,18-13+. The van der Waals surface area contributed by atoms with Crippen LogP contribution < -0.4 is 5.46 Å². The highest BCUT2D eigenvalue weighted by Crippen LogP contribution is 2.28. The summed E-state index contributed by atoms with van der Waals surface area (Å²) in [5, 5.41) is 0. The first-order valence-corrected chi connectivity index (χ1v) is 8.02. The molecule has 1 aromatic carbocycles. The summed E-state index contributed by atoms with van der Waals surface area (Å²) < 4.78 is 0. The van der Waals surface area contributed by atoms with Crippen molar-refractivity contribution in [1.29, 1.82) is 0 Å². The predicted octanol–water partition coefficient (Wildman–Crippen LogP) is 5.37. The van der Waals surface area contributed by atoms with Crippen molar-refractivity contribution in [2.24, 2.45) is 0 Å². The van der Waals surface area contributed by atoms with E-state index in [1.165, 1.54) is 33.2 Å². The molecule has 1 aromatic rings. The molecule has 2 rings (SSSR count). The second-order valence-corrected chi connectivity index (χ2v) is 6.14. The minimum absolute atomic E-state index is 0.397. The van der Waals surface area contributed by atoms with Crippen molar-refractivity contribution in [2.75, 3.05) is 0 Å². The molecule has 0 atom stereocenters. The van der Waals surface area contributed by atoms with Gasteiger partial charge < -0.3 is 0 Å². The van der Waals surface area contributed by atoms with Crippen LogP contribution in [0.2, 0.25) is 6.32 Å². The molecule has 0 saturated heterocycles. The topological polar surface area (TPSA) is 0 Å². The fourth-order valence-electron chi connectivity index (χ4n) is 2.88. The fourth-order valence-corrected chi connectivity index (χ4v) is 2.88. The van der Waals surface area contributed by atoms with Crippen molar-refractivity contribution in [3.63, 3.8) is 0 Å². The molecule has 1 heteroatoms. The van der Waals surface area contributed by atoms with E-state index in [-0.39, 0.29) is 0 Å². The van der Waals surface area contributed by atoms with E-state index in [9.17, 15) is 0 Å². The third kappa shape index (κ3) is 3.60. The van der Waals surface area contributed by atoms with Crippen molar-refractivity contribution in [3.05, 3.63) is 83.4 Å². The van der Waals surface area contributed by atoms with Crippen LogP contribution in [-0.2, 0) is 0 Å². The van der Waals surface area contributed by atoms with Crippen molar-refractivity contribution >= 4 is 18.3 Å². The Labute approximate surface area is 135 Å². The van der Waals surface area contributed by atoms with Gasteiger partial charge in [-0.2, -0.15) is 0 Å². The first-order chi connectivity index (χ1) is 10.6. The summed E-state index contributed by atoms with van der Waals surface area (Å²) in [5.74, 6) is 0. The maximum absolute atomic E-state index is 4.11. The Hall–Kier alpha value is -2.02. The number of hydrogen-bond donors (Lipinski definition) is 0. The highest BCUT2D eigenvalue weighted by molar-refractivity contribution is 6.84. The summed E-state index contributed by atoms with van der Waals surface area (Å²) in [7, 11) is 0. The maximum atomic E-state index is 4.11. The predicted molar refractivity (Wildman–Crippen MR) is 102 cm³/mol. The molecule has 0 N–H and O–H groups in total. The maximum Gasteiger partial charge on any atom is 0.214 e. The van der Waals surface area contributed by atoms with Crippen LogP contribution in [0.3, 0.4) is 0 Å². The summed E-state index contributed by atoms with van der Waals surface area (Å²) in [6.45, 7) is 15.0. The Morgan fingerprint density at radius 2 is 1.91 bits per heavy atom. The van der Waals surface area contributed by atoms with E-state index in [2.05, 4.69) is 76.4 Å². The molecule has 1 heterocycles. The molecule has 0 bridgehead atoms. The molecule has 0 aliphatic carbocycles. The van der Waals surface area contributed by atoms with Gasteiger partial charge in [-0.15, -0.1) is 6.58 Å². The lowest BCUT2D eigenvalue weighted by Crippen LogP contribution is -2.30. The summed E-state index contributed by atoms with van der Waals surface area (Å²) in [6, 6.07) is 8.66. The fraction of sp³-hybridized carbons (Fsp3) is 0.238. The molecular formula is C21H25B. The number of hydrogen-bond acceptors (Lipinski definition) is 0. The highest BCUT2D eigenvalue weighted by atomic mass is 14.1. The Balaban J connectivity index is 2.43. The number of benzene rings is 1. The van der Waals surface area contributed by atoms with Crippen LogP contribution in [0.4, 0.5) is 0 Å². The van der Waals surface area contributed by atoms with Gasteiger partial charge in [-0.05, 0) is 37.7 Å². The highest BCUT2D eigenvalue weighted by Gasteiger charge is 2.29. The molecule has 0 nitrogen and oxygen atoms in total. The van der Waals surface area contributed by atoms with Crippen LogP contribution in [0.1, 0.15) is 32.8 Å². The van der Waals surface area contributed by atoms with Crippen LogP contribution >= 0.6 is 0 Å². The lowest BCUT2D eigenvalue weighted by molar-refractivity contribution is 1.10. The Morgan fingerprint density at radius 1 is 1.18 bits per heavy atom. The molecule has 0 saturated carbocycles. The number of allylic oxidation sites excluding steroid dienone is 7. The van der Waals surface area contributed by atoms with Gasteiger partial charge in [0.2, 0.25) is 6.71 Å². The van der Waals surface area contributed by atoms with Gasteiger partial charge in [0.25, 0.3) is 0 Å². The second kappa shape index (κ2) is 7.31. The summed E-state index contributed by atoms with van der Waals surface area (Å²) in [4.78, 5) is 0. The van der Waals surface area contributed by atoms with Crippen LogP contribution in [0.5, 0.6) is 0 Å². The lowest BCUT2D eigenvalue weighted by Gasteiger charge is -2.14. The van der Waals surface area contributed by atoms with E-state index < -0.39 is 0 Å². The molecule has 22 heavy (non-hydrogen) atoms. The third-order valence-electron chi connectivity index (χ3n) is 4.27. The minimum atomic E-state index is 0.397. The van der Waals surface area contributed by atoms with Gasteiger partial charge in [0.05, 0.1) is 0 Å².